The lowest BCUT2D eigenvalue weighted by Crippen LogP contribution is -2.27. The Morgan fingerprint density at radius 3 is 2.66 bits per heavy atom. The molecule has 184 valence electrons. The Balaban J connectivity index is 1.77. The first-order valence-corrected chi connectivity index (χ1v) is 11.3. The Bertz CT molecular complexity index is 1340. The quantitative estimate of drug-likeness (QED) is 0.344. The van der Waals surface area contributed by atoms with E-state index in [9.17, 15) is 9.59 Å². The van der Waals surface area contributed by atoms with Gasteiger partial charge in [0.05, 0.1) is 24.2 Å². The second kappa shape index (κ2) is 9.93. The van der Waals surface area contributed by atoms with Gasteiger partial charge in [-0.2, -0.15) is 0 Å². The minimum atomic E-state index is -0.465. The maximum atomic E-state index is 13.5. The van der Waals surface area contributed by atoms with Gasteiger partial charge >= 0.3 is 0 Å². The molecular weight excluding hydrogens is 450 g/mol. The molecule has 0 saturated carbocycles. The van der Waals surface area contributed by atoms with E-state index in [2.05, 4.69) is 0 Å². The number of rotatable bonds is 8. The highest BCUT2D eigenvalue weighted by atomic mass is 16.7. The lowest BCUT2D eigenvalue weighted by atomic mass is 9.97. The molecule has 2 aromatic carbocycles. The second-order valence-electron chi connectivity index (χ2n) is 8.83. The number of anilines is 1. The van der Waals surface area contributed by atoms with Crippen LogP contribution in [0.1, 0.15) is 26.3 Å². The van der Waals surface area contributed by atoms with Crippen molar-refractivity contribution >= 4 is 28.6 Å². The molecule has 2 heterocycles. The fourth-order valence-electron chi connectivity index (χ4n) is 3.73. The van der Waals surface area contributed by atoms with Crippen LogP contribution in [0.25, 0.3) is 28.2 Å². The minimum Gasteiger partial charge on any atom is -0.483 e. The number of hydrogen-bond donors (Lipinski definition) is 0. The van der Waals surface area contributed by atoms with Crippen LogP contribution in [0.5, 0.6) is 11.5 Å². The van der Waals surface area contributed by atoms with Gasteiger partial charge in [-0.1, -0.05) is 6.08 Å². The van der Waals surface area contributed by atoms with E-state index in [-0.39, 0.29) is 18.1 Å². The van der Waals surface area contributed by atoms with Gasteiger partial charge in [0.15, 0.2) is 6.79 Å². The smallest absolute Gasteiger partial charge is 0.223 e. The van der Waals surface area contributed by atoms with Crippen LogP contribution in [-0.4, -0.2) is 45.7 Å². The molecule has 0 bridgehead atoms. The molecule has 0 radical (unpaired) electrons. The van der Waals surface area contributed by atoms with Crippen LogP contribution in [0, 0.1) is 0 Å². The Kier molecular flexibility index (Phi) is 6.95. The average molecular weight is 480 g/mol. The van der Waals surface area contributed by atoms with Crippen molar-refractivity contribution < 1.29 is 28.2 Å². The zero-order valence-corrected chi connectivity index (χ0v) is 20.5. The topological polar surface area (TPSA) is 87.4 Å². The van der Waals surface area contributed by atoms with Crippen LogP contribution in [0.4, 0.5) is 5.69 Å². The van der Waals surface area contributed by atoms with Gasteiger partial charge in [0.25, 0.3) is 0 Å². The van der Waals surface area contributed by atoms with Crippen molar-refractivity contribution in [2.45, 2.75) is 26.4 Å². The van der Waals surface area contributed by atoms with Crippen molar-refractivity contribution in [1.29, 1.82) is 0 Å². The van der Waals surface area contributed by atoms with Crippen molar-refractivity contribution in [1.82, 2.24) is 0 Å². The molecule has 8 nitrogen and oxygen atoms in total. The maximum Gasteiger partial charge on any atom is 0.223 e. The lowest BCUT2D eigenvalue weighted by molar-refractivity contribution is -0.116. The summed E-state index contributed by atoms with van der Waals surface area (Å²) < 4.78 is 28.3. The number of methoxy groups -OCH3 is 1. The van der Waals surface area contributed by atoms with Crippen molar-refractivity contribution in [2.24, 2.45) is 0 Å². The van der Waals surface area contributed by atoms with Crippen LogP contribution in [-0.2, 0) is 14.3 Å². The summed E-state index contributed by atoms with van der Waals surface area (Å²) in [6, 6.07) is 8.68. The number of hydrogen-bond acceptors (Lipinski definition) is 7. The summed E-state index contributed by atoms with van der Waals surface area (Å²) in [5.74, 6) is 0.965. The van der Waals surface area contributed by atoms with E-state index in [1.165, 1.54) is 18.1 Å². The fourth-order valence-corrected chi connectivity index (χ4v) is 3.73. The summed E-state index contributed by atoms with van der Waals surface area (Å²) in [6.07, 6.45) is 5.34. The van der Waals surface area contributed by atoms with Gasteiger partial charge in [0, 0.05) is 50.0 Å². The number of benzene rings is 2. The van der Waals surface area contributed by atoms with Crippen molar-refractivity contribution in [2.75, 3.05) is 39.1 Å². The average Bonchev–Trinajstić information content (AvgIpc) is 2.82. The molecule has 35 heavy (non-hydrogen) atoms. The molecule has 0 atom stereocenters. The monoisotopic (exact) mass is 479 g/mol. The molecule has 1 amide bonds. The molecule has 0 fully saturated rings. The Labute approximate surface area is 203 Å². The van der Waals surface area contributed by atoms with E-state index in [0.29, 0.717) is 52.5 Å². The van der Waals surface area contributed by atoms with E-state index in [1.54, 1.807) is 38.4 Å². The fraction of sp³-hybridized carbons (Fsp3) is 0.333. The summed E-state index contributed by atoms with van der Waals surface area (Å²) in [4.78, 5) is 26.7. The molecule has 3 aromatic rings. The molecule has 1 aromatic heterocycles. The molecule has 8 heteroatoms. The molecule has 1 aliphatic heterocycles. The zero-order valence-electron chi connectivity index (χ0n) is 20.5. The van der Waals surface area contributed by atoms with Gasteiger partial charge in [-0.05, 0) is 38.1 Å². The molecular formula is C27H29NO7. The van der Waals surface area contributed by atoms with Crippen molar-refractivity contribution in [3.05, 3.63) is 58.5 Å². The first-order chi connectivity index (χ1) is 16.7. The van der Waals surface area contributed by atoms with E-state index < -0.39 is 5.60 Å². The Morgan fingerprint density at radius 1 is 1.11 bits per heavy atom. The van der Waals surface area contributed by atoms with Crippen LogP contribution in [0.2, 0.25) is 0 Å². The highest BCUT2D eigenvalue weighted by Gasteiger charge is 2.25. The van der Waals surface area contributed by atoms with Crippen LogP contribution < -0.4 is 19.8 Å². The molecule has 1 aliphatic rings. The van der Waals surface area contributed by atoms with Gasteiger partial charge in [-0.25, -0.2) is 0 Å². The van der Waals surface area contributed by atoms with Gasteiger partial charge in [-0.15, -0.1) is 0 Å². The van der Waals surface area contributed by atoms with Crippen LogP contribution >= 0.6 is 0 Å². The summed E-state index contributed by atoms with van der Waals surface area (Å²) >= 11 is 0. The SMILES string of the molecule is COCCOCOc1cc2c(cc1-c1coc3cc(N(C)C(C)=O)ccc3c1=O)C=CC(C)(C)O2. The summed E-state index contributed by atoms with van der Waals surface area (Å²) in [7, 11) is 3.26. The van der Waals surface area contributed by atoms with Gasteiger partial charge in [0.1, 0.15) is 28.9 Å². The van der Waals surface area contributed by atoms with Gasteiger partial charge < -0.3 is 28.3 Å². The van der Waals surface area contributed by atoms with Crippen molar-refractivity contribution in [3.63, 3.8) is 0 Å². The third-order valence-electron chi connectivity index (χ3n) is 5.79. The zero-order chi connectivity index (χ0) is 25.2. The third kappa shape index (κ3) is 5.23. The third-order valence-corrected chi connectivity index (χ3v) is 5.79. The van der Waals surface area contributed by atoms with Crippen LogP contribution in [0.3, 0.4) is 0 Å². The first kappa shape index (κ1) is 24.5. The molecule has 0 saturated heterocycles. The molecule has 0 unspecified atom stereocenters. The lowest BCUT2D eigenvalue weighted by Gasteiger charge is -2.28. The van der Waals surface area contributed by atoms with Crippen LogP contribution in [0.15, 0.2) is 51.9 Å². The Morgan fingerprint density at radius 2 is 1.91 bits per heavy atom. The van der Waals surface area contributed by atoms with E-state index in [4.69, 9.17) is 23.4 Å². The summed E-state index contributed by atoms with van der Waals surface area (Å²) in [5.41, 5.74) is 2.08. The highest BCUT2D eigenvalue weighted by Crippen LogP contribution is 2.40. The number of nitrogens with zero attached hydrogens (tertiary/aromatic N) is 1. The summed E-state index contributed by atoms with van der Waals surface area (Å²) in [5, 5.41) is 0.399. The number of ether oxygens (including phenoxy) is 4. The van der Waals surface area contributed by atoms with Gasteiger partial charge in [-0.3, -0.25) is 9.59 Å². The normalized spacial score (nSPS) is 13.9. The van der Waals surface area contributed by atoms with E-state index in [1.807, 2.05) is 32.1 Å². The number of fused-ring (bicyclic) bond motifs is 2. The predicted molar refractivity (Wildman–Crippen MR) is 134 cm³/mol. The number of amides is 1. The van der Waals surface area contributed by atoms with Gasteiger partial charge in [0.2, 0.25) is 11.3 Å². The highest BCUT2D eigenvalue weighted by molar-refractivity contribution is 5.94. The molecule has 4 rings (SSSR count). The first-order valence-electron chi connectivity index (χ1n) is 11.3. The maximum absolute atomic E-state index is 13.5. The second-order valence-corrected chi connectivity index (χ2v) is 8.83. The standard InChI is InChI=1S/C27H29NO7/c1-17(29)28(4)19-6-7-20-24(13-19)33-15-22(26(20)30)21-12-18-8-9-27(2,3)35-23(18)14-25(21)34-16-32-11-10-31-5/h6-9,12-15H,10-11,16H2,1-5H3. The molecule has 0 N–H and O–H groups in total. The number of carbonyl (C=O) groups is 1. The Hall–Kier alpha value is -3.62. The molecule has 0 aliphatic carbocycles. The minimum absolute atomic E-state index is 0.0198. The van der Waals surface area contributed by atoms with Crippen molar-refractivity contribution in [3.8, 4) is 22.6 Å². The largest absolute Gasteiger partial charge is 0.483 e. The number of carbonyl (C=O) groups excluding carboxylic acids is 1. The summed E-state index contributed by atoms with van der Waals surface area (Å²) in [6.45, 7) is 6.19. The van der Waals surface area contributed by atoms with E-state index in [0.717, 1.165) is 5.56 Å². The predicted octanol–water partition coefficient (Wildman–Crippen LogP) is 4.63. The van der Waals surface area contributed by atoms with E-state index >= 15 is 0 Å². The molecule has 0 spiro atoms.